The second-order valence-electron chi connectivity index (χ2n) is 6.07. The smallest absolute Gasteiger partial charge is 0.119 e. The van der Waals surface area contributed by atoms with Gasteiger partial charge in [-0.15, -0.1) is 0 Å². The largest absolute Gasteiger partial charge is 0.492 e. The number of rotatable bonds is 9. The van der Waals surface area contributed by atoms with Crippen LogP contribution in [0.15, 0.2) is 42.5 Å². The van der Waals surface area contributed by atoms with Crippen LogP contribution in [0.25, 0.3) is 0 Å². The number of hydrogen-bond acceptors (Lipinski definition) is 3. The minimum absolute atomic E-state index is 0.653. The van der Waals surface area contributed by atoms with Crippen molar-refractivity contribution >= 4 is 11.6 Å². The third-order valence-electron chi connectivity index (χ3n) is 3.80. The van der Waals surface area contributed by atoms with Crippen molar-refractivity contribution < 1.29 is 9.47 Å². The highest BCUT2D eigenvalue weighted by atomic mass is 35.5. The molecule has 2 aromatic carbocycles. The molecule has 0 saturated heterocycles. The molecule has 0 bridgehead atoms. The van der Waals surface area contributed by atoms with E-state index in [1.54, 1.807) is 7.11 Å². The molecule has 0 fully saturated rings. The molecule has 4 heteroatoms. The summed E-state index contributed by atoms with van der Waals surface area (Å²) in [6.45, 7) is 8.11. The van der Waals surface area contributed by atoms with Crippen LogP contribution in [0.2, 0.25) is 5.02 Å². The number of nitrogens with zero attached hydrogens (tertiary/aromatic N) is 1. The molecule has 2 rings (SSSR count). The highest BCUT2D eigenvalue weighted by Gasteiger charge is 2.07. The standard InChI is InChI=1S/C20H26ClNO2/c1-16-12-17(2)14-20(13-16)24-11-9-22(8-10-23-3)15-18-4-6-19(21)7-5-18/h4-7,12-14H,8-11,15H2,1-3H3. The molecule has 2 aromatic rings. The molecule has 0 heterocycles. The van der Waals surface area contributed by atoms with Crippen LogP contribution in [0, 0.1) is 13.8 Å². The van der Waals surface area contributed by atoms with Crippen LogP contribution < -0.4 is 4.74 Å². The predicted octanol–water partition coefficient (Wildman–Crippen LogP) is 4.48. The van der Waals surface area contributed by atoms with Gasteiger partial charge in [0.15, 0.2) is 0 Å². The summed E-state index contributed by atoms with van der Waals surface area (Å²) in [4.78, 5) is 2.33. The van der Waals surface area contributed by atoms with Crippen LogP contribution in [-0.4, -0.2) is 38.3 Å². The highest BCUT2D eigenvalue weighted by molar-refractivity contribution is 6.30. The van der Waals surface area contributed by atoms with Crippen molar-refractivity contribution in [2.45, 2.75) is 20.4 Å². The fourth-order valence-electron chi connectivity index (χ4n) is 2.65. The van der Waals surface area contributed by atoms with Gasteiger partial charge in [-0.25, -0.2) is 0 Å². The number of aryl methyl sites for hydroxylation is 2. The zero-order valence-corrected chi connectivity index (χ0v) is 15.5. The SMILES string of the molecule is COCCN(CCOc1cc(C)cc(C)c1)Cc1ccc(Cl)cc1. The van der Waals surface area contributed by atoms with E-state index in [4.69, 9.17) is 21.1 Å². The molecule has 0 aliphatic heterocycles. The first-order valence-electron chi connectivity index (χ1n) is 8.23. The second kappa shape index (κ2) is 9.67. The summed E-state index contributed by atoms with van der Waals surface area (Å²) >= 11 is 5.96. The van der Waals surface area contributed by atoms with Crippen LogP contribution in [0.3, 0.4) is 0 Å². The van der Waals surface area contributed by atoms with Gasteiger partial charge < -0.3 is 9.47 Å². The summed E-state index contributed by atoms with van der Waals surface area (Å²) in [5.74, 6) is 0.936. The minimum Gasteiger partial charge on any atom is -0.492 e. The third kappa shape index (κ3) is 6.52. The molecule has 24 heavy (non-hydrogen) atoms. The van der Waals surface area contributed by atoms with E-state index in [2.05, 4.69) is 49.1 Å². The van der Waals surface area contributed by atoms with E-state index in [9.17, 15) is 0 Å². The van der Waals surface area contributed by atoms with E-state index in [-0.39, 0.29) is 0 Å². The van der Waals surface area contributed by atoms with Gasteiger partial charge in [-0.1, -0.05) is 29.8 Å². The van der Waals surface area contributed by atoms with E-state index in [1.165, 1.54) is 16.7 Å². The zero-order chi connectivity index (χ0) is 17.4. The van der Waals surface area contributed by atoms with Gasteiger partial charge in [0.25, 0.3) is 0 Å². The Morgan fingerprint density at radius 3 is 2.17 bits per heavy atom. The Hall–Kier alpha value is -1.55. The molecule has 0 N–H and O–H groups in total. The monoisotopic (exact) mass is 347 g/mol. The Bertz CT molecular complexity index is 608. The number of halogens is 1. The van der Waals surface area contributed by atoms with Gasteiger partial charge in [-0.05, 0) is 54.8 Å². The van der Waals surface area contributed by atoms with Crippen LogP contribution in [0.5, 0.6) is 5.75 Å². The summed E-state index contributed by atoms with van der Waals surface area (Å²) < 4.78 is 11.2. The summed E-state index contributed by atoms with van der Waals surface area (Å²) in [7, 11) is 1.73. The van der Waals surface area contributed by atoms with Gasteiger partial charge in [-0.3, -0.25) is 4.90 Å². The van der Waals surface area contributed by atoms with Gasteiger partial charge in [-0.2, -0.15) is 0 Å². The Labute approximate surface area is 150 Å². The molecule has 0 unspecified atom stereocenters. The van der Waals surface area contributed by atoms with Gasteiger partial charge in [0.05, 0.1) is 6.61 Å². The highest BCUT2D eigenvalue weighted by Crippen LogP contribution is 2.16. The van der Waals surface area contributed by atoms with Crippen LogP contribution in [0.1, 0.15) is 16.7 Å². The molecule has 0 aliphatic rings. The van der Waals surface area contributed by atoms with E-state index < -0.39 is 0 Å². The van der Waals surface area contributed by atoms with Crippen LogP contribution in [-0.2, 0) is 11.3 Å². The van der Waals surface area contributed by atoms with Gasteiger partial charge in [0.1, 0.15) is 12.4 Å². The first kappa shape index (κ1) is 18.8. The van der Waals surface area contributed by atoms with Crippen molar-refractivity contribution in [3.8, 4) is 5.75 Å². The molecule has 0 radical (unpaired) electrons. The lowest BCUT2D eigenvalue weighted by Crippen LogP contribution is -2.31. The van der Waals surface area contributed by atoms with Crippen molar-refractivity contribution in [3.63, 3.8) is 0 Å². The Balaban J connectivity index is 1.89. The van der Waals surface area contributed by atoms with Gasteiger partial charge in [0, 0.05) is 31.8 Å². The second-order valence-corrected chi connectivity index (χ2v) is 6.50. The molecule has 0 aliphatic carbocycles. The number of hydrogen-bond donors (Lipinski definition) is 0. The van der Waals surface area contributed by atoms with Crippen LogP contribution >= 0.6 is 11.6 Å². The summed E-state index contributed by atoms with van der Waals surface area (Å²) in [6.07, 6.45) is 0. The van der Waals surface area contributed by atoms with E-state index in [0.29, 0.717) is 13.2 Å². The summed E-state index contributed by atoms with van der Waals surface area (Å²) in [6, 6.07) is 14.3. The molecule has 130 valence electrons. The molecular weight excluding hydrogens is 322 g/mol. The topological polar surface area (TPSA) is 21.7 Å². The van der Waals surface area contributed by atoms with Crippen molar-refractivity contribution in [2.75, 3.05) is 33.4 Å². The molecule has 3 nitrogen and oxygen atoms in total. The van der Waals surface area contributed by atoms with Crippen molar-refractivity contribution in [3.05, 3.63) is 64.2 Å². The maximum atomic E-state index is 5.96. The number of methoxy groups -OCH3 is 1. The van der Waals surface area contributed by atoms with Gasteiger partial charge >= 0.3 is 0 Å². The molecule has 0 atom stereocenters. The normalized spacial score (nSPS) is 11.0. The Morgan fingerprint density at radius 2 is 1.54 bits per heavy atom. The van der Waals surface area contributed by atoms with E-state index in [0.717, 1.165) is 30.4 Å². The number of ether oxygens (including phenoxy) is 2. The van der Waals surface area contributed by atoms with Gasteiger partial charge in [0.2, 0.25) is 0 Å². The fraction of sp³-hybridized carbons (Fsp3) is 0.400. The maximum Gasteiger partial charge on any atom is 0.119 e. The minimum atomic E-state index is 0.653. The first-order chi connectivity index (χ1) is 11.6. The zero-order valence-electron chi connectivity index (χ0n) is 14.7. The third-order valence-corrected chi connectivity index (χ3v) is 4.05. The molecule has 0 aromatic heterocycles. The van der Waals surface area contributed by atoms with Crippen molar-refractivity contribution in [1.29, 1.82) is 0 Å². The molecule has 0 spiro atoms. The molecule has 0 saturated carbocycles. The molecule has 0 amide bonds. The van der Waals surface area contributed by atoms with Crippen LogP contribution in [0.4, 0.5) is 0 Å². The Kier molecular flexibility index (Phi) is 7.57. The summed E-state index contributed by atoms with van der Waals surface area (Å²) in [5.41, 5.74) is 3.69. The summed E-state index contributed by atoms with van der Waals surface area (Å²) in [5, 5.41) is 0.764. The average Bonchev–Trinajstić information content (AvgIpc) is 2.53. The number of benzene rings is 2. The molecular formula is C20H26ClNO2. The average molecular weight is 348 g/mol. The van der Waals surface area contributed by atoms with Crippen molar-refractivity contribution in [2.24, 2.45) is 0 Å². The lowest BCUT2D eigenvalue weighted by atomic mass is 10.1. The Morgan fingerprint density at radius 1 is 0.917 bits per heavy atom. The quantitative estimate of drug-likeness (QED) is 0.667. The lowest BCUT2D eigenvalue weighted by Gasteiger charge is -2.22. The lowest BCUT2D eigenvalue weighted by molar-refractivity contribution is 0.131. The predicted molar refractivity (Wildman–Crippen MR) is 100 cm³/mol. The fourth-order valence-corrected chi connectivity index (χ4v) is 2.77. The first-order valence-corrected chi connectivity index (χ1v) is 8.61. The van der Waals surface area contributed by atoms with E-state index in [1.807, 2.05) is 12.1 Å². The maximum absolute atomic E-state index is 5.96. The van der Waals surface area contributed by atoms with E-state index >= 15 is 0 Å². The van der Waals surface area contributed by atoms with Crippen molar-refractivity contribution in [1.82, 2.24) is 4.90 Å².